The van der Waals surface area contributed by atoms with E-state index in [4.69, 9.17) is 22.6 Å². The Morgan fingerprint density at radius 2 is 1.48 bits per heavy atom. The van der Waals surface area contributed by atoms with Crippen LogP contribution in [0.2, 0.25) is 0 Å². The number of aromatic carboxylic acids is 2. The van der Waals surface area contributed by atoms with Gasteiger partial charge in [0, 0.05) is 42.2 Å². The average Bonchev–Trinajstić information content (AvgIpc) is 3.82. The number of carboxylic acid groups (broad SMARTS) is 2. The van der Waals surface area contributed by atoms with Crippen LogP contribution in [-0.2, 0) is 9.47 Å². The summed E-state index contributed by atoms with van der Waals surface area (Å²) in [6.07, 6.45) is 0.107. The van der Waals surface area contributed by atoms with Crippen molar-refractivity contribution in [1.82, 2.24) is 0 Å². The maximum Gasteiger partial charge on any atom is 0.345 e. The fraction of sp³-hybridized carbons (Fsp3) is 0.333. The molecule has 2 fully saturated rings. The third kappa shape index (κ3) is 6.51. The summed E-state index contributed by atoms with van der Waals surface area (Å²) in [5.41, 5.74) is 2.78. The third-order valence-corrected chi connectivity index (χ3v) is 11.0. The van der Waals surface area contributed by atoms with Gasteiger partial charge in [-0.3, -0.25) is 0 Å². The number of anilines is 2. The van der Waals surface area contributed by atoms with Crippen LogP contribution in [0, 0.1) is 13.1 Å². The molecule has 2 N–H and O–H groups in total. The Kier molecular flexibility index (Phi) is 10.0. The topological polar surface area (TPSA) is 108 Å². The highest BCUT2D eigenvalue weighted by atomic mass is 32.1. The molecule has 14 heteroatoms. The van der Waals surface area contributed by atoms with Gasteiger partial charge in [0.15, 0.2) is 0 Å². The lowest BCUT2D eigenvalue weighted by Crippen LogP contribution is -2.45. The molecule has 10 nitrogen and oxygen atoms in total. The molecule has 4 aromatic heterocycles. The van der Waals surface area contributed by atoms with E-state index in [0.717, 1.165) is 20.4 Å². The van der Waals surface area contributed by atoms with Gasteiger partial charge in [0.25, 0.3) is 0 Å². The van der Waals surface area contributed by atoms with Crippen molar-refractivity contribution < 1.29 is 29.3 Å². The van der Waals surface area contributed by atoms with Crippen molar-refractivity contribution in [3.8, 4) is 21.6 Å². The molecule has 2 unspecified atom stereocenters. The number of hydrogen-bond acceptors (Lipinski definition) is 10. The number of carboxylic acids is 2. The Morgan fingerprint density at radius 1 is 0.886 bits per heavy atom. The Labute approximate surface area is 270 Å². The summed E-state index contributed by atoms with van der Waals surface area (Å²) in [5.74, 6) is -1.96. The zero-order valence-corrected chi connectivity index (χ0v) is 27.1. The lowest BCUT2D eigenvalue weighted by Gasteiger charge is -2.36. The quantitative estimate of drug-likeness (QED) is 0.200. The SMILES string of the molecule is [C-]#[N+]c1c(N2CC(C)OC(C)C2)sc(C(=O)O)c1-c1cccs1.[C-]#[N+]c1c(N2CCOCC2)sc(C(=O)O)c1-c1ccsc1. The average molecular weight is 669 g/mol. The Bertz CT molecular complexity index is 1700. The number of ether oxygens (including phenoxy) is 2. The van der Waals surface area contributed by atoms with Crippen molar-refractivity contribution >= 4 is 78.7 Å². The predicted octanol–water partition coefficient (Wildman–Crippen LogP) is 7.90. The largest absolute Gasteiger partial charge is 0.477 e. The summed E-state index contributed by atoms with van der Waals surface area (Å²) in [5, 5.41) is 26.2. The minimum atomic E-state index is -0.982. The van der Waals surface area contributed by atoms with Gasteiger partial charge in [-0.25, -0.2) is 19.3 Å². The van der Waals surface area contributed by atoms with Crippen LogP contribution in [0.4, 0.5) is 21.4 Å². The molecule has 0 aliphatic carbocycles. The summed E-state index contributed by atoms with van der Waals surface area (Å²) in [4.78, 5) is 36.0. The Morgan fingerprint density at radius 3 is 2.00 bits per heavy atom. The van der Waals surface area contributed by atoms with Crippen molar-refractivity contribution in [3.05, 3.63) is 66.9 Å². The molecule has 6 heterocycles. The number of carbonyl (C=O) groups is 2. The second kappa shape index (κ2) is 13.9. The van der Waals surface area contributed by atoms with E-state index in [1.54, 1.807) is 0 Å². The number of rotatable bonds is 6. The molecule has 2 aliphatic heterocycles. The van der Waals surface area contributed by atoms with Crippen molar-refractivity contribution in [2.75, 3.05) is 49.2 Å². The molecule has 0 amide bonds. The maximum absolute atomic E-state index is 11.7. The monoisotopic (exact) mass is 668 g/mol. The third-order valence-electron chi connectivity index (χ3n) is 6.92. The summed E-state index contributed by atoms with van der Waals surface area (Å²) in [7, 11) is 0. The fourth-order valence-electron chi connectivity index (χ4n) is 5.19. The molecule has 228 valence electrons. The molecule has 4 aromatic rings. The summed E-state index contributed by atoms with van der Waals surface area (Å²) in [6, 6.07) is 5.59. The van der Waals surface area contributed by atoms with Crippen LogP contribution in [0.5, 0.6) is 0 Å². The minimum Gasteiger partial charge on any atom is -0.477 e. The van der Waals surface area contributed by atoms with Gasteiger partial charge in [0.05, 0.1) is 48.6 Å². The second-order valence-electron chi connectivity index (χ2n) is 10.0. The van der Waals surface area contributed by atoms with E-state index in [0.29, 0.717) is 61.9 Å². The first-order chi connectivity index (χ1) is 21.2. The van der Waals surface area contributed by atoms with E-state index >= 15 is 0 Å². The van der Waals surface area contributed by atoms with E-state index in [2.05, 4.69) is 14.6 Å². The van der Waals surface area contributed by atoms with Gasteiger partial charge >= 0.3 is 11.9 Å². The normalized spacial score (nSPS) is 18.2. The molecule has 2 aliphatic rings. The molecule has 0 saturated carbocycles. The molecule has 2 saturated heterocycles. The standard InChI is InChI=1S/C16H16N2O3S2.C14H12N2O3S2/c1-9-7-18(8-10(2)21-9)15-13(17-3)12(11-5-4-6-22-11)14(23-15)16(19)20;1-15-11-10(9-2-7-20-8-9)12(14(17)18)21-13(11)16-3-5-19-6-4-16/h4-6,9-10H,7-8H2,1-2H3,(H,19,20);2,7-8H,3-6H2,(H,17,18). The highest BCUT2D eigenvalue weighted by Crippen LogP contribution is 2.50. The zero-order valence-electron chi connectivity index (χ0n) is 23.8. The first kappa shape index (κ1) is 31.7. The lowest BCUT2D eigenvalue weighted by molar-refractivity contribution is -0.00496. The van der Waals surface area contributed by atoms with Crippen LogP contribution in [0.25, 0.3) is 31.3 Å². The van der Waals surface area contributed by atoms with Crippen LogP contribution in [0.1, 0.15) is 33.2 Å². The van der Waals surface area contributed by atoms with E-state index in [1.807, 2.05) is 53.1 Å². The van der Waals surface area contributed by atoms with E-state index in [-0.39, 0.29) is 22.0 Å². The van der Waals surface area contributed by atoms with Crippen molar-refractivity contribution in [3.63, 3.8) is 0 Å². The highest BCUT2D eigenvalue weighted by molar-refractivity contribution is 7.20. The molecular weight excluding hydrogens is 641 g/mol. The van der Waals surface area contributed by atoms with Gasteiger partial charge in [0.1, 0.15) is 9.75 Å². The molecule has 0 radical (unpaired) electrons. The van der Waals surface area contributed by atoms with Crippen LogP contribution < -0.4 is 9.80 Å². The lowest BCUT2D eigenvalue weighted by atomic mass is 10.1. The maximum atomic E-state index is 11.7. The fourth-order valence-corrected chi connectivity index (χ4v) is 8.95. The van der Waals surface area contributed by atoms with Gasteiger partial charge in [0.2, 0.25) is 11.4 Å². The summed E-state index contributed by atoms with van der Waals surface area (Å²) < 4.78 is 11.1. The van der Waals surface area contributed by atoms with Crippen molar-refractivity contribution in [2.45, 2.75) is 26.1 Å². The van der Waals surface area contributed by atoms with Crippen LogP contribution in [0.15, 0.2) is 34.3 Å². The number of thiophene rings is 4. The minimum absolute atomic E-state index is 0.0536. The molecule has 6 rings (SSSR count). The molecule has 0 aromatic carbocycles. The first-order valence-corrected chi connectivity index (χ1v) is 17.0. The van der Waals surface area contributed by atoms with E-state index in [1.165, 1.54) is 45.3 Å². The molecule has 0 spiro atoms. The van der Waals surface area contributed by atoms with E-state index < -0.39 is 11.9 Å². The Hall–Kier alpha value is -3.76. The summed E-state index contributed by atoms with van der Waals surface area (Å²) >= 11 is 5.33. The molecule has 44 heavy (non-hydrogen) atoms. The van der Waals surface area contributed by atoms with Gasteiger partial charge in [-0.05, 0) is 47.7 Å². The van der Waals surface area contributed by atoms with E-state index in [9.17, 15) is 19.8 Å². The highest BCUT2D eigenvalue weighted by Gasteiger charge is 2.31. The van der Waals surface area contributed by atoms with Crippen molar-refractivity contribution in [1.29, 1.82) is 0 Å². The van der Waals surface area contributed by atoms with Crippen LogP contribution in [0.3, 0.4) is 0 Å². The van der Waals surface area contributed by atoms with Gasteiger partial charge in [-0.15, -0.1) is 34.0 Å². The number of hydrogen-bond donors (Lipinski definition) is 2. The molecular formula is C30H28N4O6S4. The number of morpholine rings is 2. The molecule has 0 bridgehead atoms. The molecule has 2 atom stereocenters. The van der Waals surface area contributed by atoms with Gasteiger partial charge in [-0.1, -0.05) is 6.07 Å². The van der Waals surface area contributed by atoms with Crippen LogP contribution >= 0.6 is 45.3 Å². The Balaban J connectivity index is 0.000000175. The first-order valence-electron chi connectivity index (χ1n) is 13.6. The number of nitrogens with zero attached hydrogens (tertiary/aromatic N) is 4. The van der Waals surface area contributed by atoms with Gasteiger partial charge in [-0.2, -0.15) is 11.3 Å². The smallest absolute Gasteiger partial charge is 0.345 e. The van der Waals surface area contributed by atoms with Crippen LogP contribution in [-0.4, -0.2) is 73.8 Å². The van der Waals surface area contributed by atoms with Crippen molar-refractivity contribution in [2.24, 2.45) is 0 Å². The second-order valence-corrected chi connectivity index (χ2v) is 13.7. The predicted molar refractivity (Wildman–Crippen MR) is 177 cm³/mol. The summed E-state index contributed by atoms with van der Waals surface area (Å²) in [6.45, 7) is 23.0. The van der Waals surface area contributed by atoms with Gasteiger partial charge < -0.3 is 29.5 Å². The zero-order chi connectivity index (χ0) is 31.4.